The Hall–Kier alpha value is -0.610. The number of amides is 1. The van der Waals surface area contributed by atoms with Crippen molar-refractivity contribution in [3.05, 3.63) is 0 Å². The minimum Gasteiger partial charge on any atom is -0.342 e. The monoisotopic (exact) mass is 364 g/mol. The quantitative estimate of drug-likeness (QED) is 0.711. The SMILES string of the molecule is CC1(C)CC2(CC(C)(C)N1)OC(C1CCCCCCCCCC1)NC2=O. The van der Waals surface area contributed by atoms with E-state index in [2.05, 4.69) is 38.3 Å². The Labute approximate surface area is 160 Å². The summed E-state index contributed by atoms with van der Waals surface area (Å²) in [5.74, 6) is 0.594. The minimum atomic E-state index is -0.658. The molecule has 4 nitrogen and oxygen atoms in total. The van der Waals surface area contributed by atoms with Crippen molar-refractivity contribution in [3.63, 3.8) is 0 Å². The predicted octanol–water partition coefficient (Wildman–Crippen LogP) is 4.67. The topological polar surface area (TPSA) is 50.4 Å². The highest BCUT2D eigenvalue weighted by Gasteiger charge is 2.57. The van der Waals surface area contributed by atoms with Gasteiger partial charge in [-0.2, -0.15) is 0 Å². The largest absolute Gasteiger partial charge is 0.342 e. The Morgan fingerprint density at radius 1 is 0.808 bits per heavy atom. The van der Waals surface area contributed by atoms with E-state index in [0.717, 1.165) is 12.8 Å². The molecule has 0 aromatic heterocycles. The highest BCUT2D eigenvalue weighted by molar-refractivity contribution is 5.87. The van der Waals surface area contributed by atoms with E-state index in [1.54, 1.807) is 0 Å². The van der Waals surface area contributed by atoms with Gasteiger partial charge in [0.2, 0.25) is 0 Å². The third kappa shape index (κ3) is 4.81. The molecule has 3 fully saturated rings. The lowest BCUT2D eigenvalue weighted by atomic mass is 9.72. The molecule has 1 unspecified atom stereocenters. The molecule has 3 aliphatic rings. The van der Waals surface area contributed by atoms with Crippen LogP contribution in [0.15, 0.2) is 0 Å². The van der Waals surface area contributed by atoms with Crippen LogP contribution in [0.3, 0.4) is 0 Å². The van der Waals surface area contributed by atoms with Crippen molar-refractivity contribution >= 4 is 5.91 Å². The Morgan fingerprint density at radius 3 is 1.77 bits per heavy atom. The van der Waals surface area contributed by atoms with Gasteiger partial charge >= 0.3 is 0 Å². The molecule has 0 bridgehead atoms. The molecule has 2 heterocycles. The number of rotatable bonds is 1. The van der Waals surface area contributed by atoms with Crippen LogP contribution in [0.5, 0.6) is 0 Å². The third-order valence-corrected chi connectivity index (χ3v) is 6.50. The van der Waals surface area contributed by atoms with Crippen LogP contribution >= 0.6 is 0 Å². The highest BCUT2D eigenvalue weighted by Crippen LogP contribution is 2.43. The van der Waals surface area contributed by atoms with Gasteiger partial charge in [-0.3, -0.25) is 4.79 Å². The Kier molecular flexibility index (Phi) is 6.03. The fraction of sp³-hybridized carbons (Fsp3) is 0.955. The van der Waals surface area contributed by atoms with E-state index in [-0.39, 0.29) is 23.2 Å². The van der Waals surface area contributed by atoms with Crippen LogP contribution in [-0.2, 0) is 9.53 Å². The van der Waals surface area contributed by atoms with Crippen molar-refractivity contribution < 1.29 is 9.53 Å². The van der Waals surface area contributed by atoms with Gasteiger partial charge in [-0.1, -0.05) is 51.4 Å². The molecule has 1 amide bonds. The van der Waals surface area contributed by atoms with Crippen LogP contribution in [0.1, 0.15) is 105 Å². The highest BCUT2D eigenvalue weighted by atomic mass is 16.5. The Balaban J connectivity index is 1.70. The van der Waals surface area contributed by atoms with Gasteiger partial charge in [0, 0.05) is 29.8 Å². The Morgan fingerprint density at radius 2 is 1.27 bits per heavy atom. The summed E-state index contributed by atoms with van der Waals surface area (Å²) in [6, 6.07) is 0. The van der Waals surface area contributed by atoms with E-state index < -0.39 is 5.60 Å². The summed E-state index contributed by atoms with van der Waals surface area (Å²) in [6.07, 6.45) is 14.5. The zero-order valence-corrected chi connectivity index (χ0v) is 17.5. The average Bonchev–Trinajstić information content (AvgIpc) is 2.77. The normalized spacial score (nSPS) is 32.8. The van der Waals surface area contributed by atoms with Gasteiger partial charge in [0.05, 0.1) is 0 Å². The Bertz CT molecular complexity index is 472. The number of hydrogen-bond acceptors (Lipinski definition) is 3. The summed E-state index contributed by atoms with van der Waals surface area (Å²) < 4.78 is 6.61. The fourth-order valence-corrected chi connectivity index (χ4v) is 5.86. The summed E-state index contributed by atoms with van der Waals surface area (Å²) in [5.41, 5.74) is -0.848. The van der Waals surface area contributed by atoms with E-state index in [1.165, 1.54) is 64.2 Å². The number of carbonyl (C=O) groups is 1. The average molecular weight is 365 g/mol. The lowest BCUT2D eigenvalue weighted by molar-refractivity contribution is -0.149. The number of hydrogen-bond donors (Lipinski definition) is 2. The van der Waals surface area contributed by atoms with E-state index >= 15 is 0 Å². The molecule has 4 heteroatoms. The van der Waals surface area contributed by atoms with Gasteiger partial charge in [-0.15, -0.1) is 0 Å². The molecule has 2 saturated heterocycles. The second-order valence-corrected chi connectivity index (χ2v) is 10.4. The second-order valence-electron chi connectivity index (χ2n) is 10.4. The molecule has 1 aliphatic carbocycles. The zero-order valence-electron chi connectivity index (χ0n) is 17.5. The minimum absolute atomic E-state index is 0.0899. The van der Waals surface area contributed by atoms with Crippen LogP contribution in [0.2, 0.25) is 0 Å². The summed E-state index contributed by atoms with van der Waals surface area (Å²) >= 11 is 0. The van der Waals surface area contributed by atoms with Crippen molar-refractivity contribution in [3.8, 4) is 0 Å². The van der Waals surface area contributed by atoms with Crippen LogP contribution in [0, 0.1) is 5.92 Å². The van der Waals surface area contributed by atoms with E-state index in [4.69, 9.17) is 4.74 Å². The van der Waals surface area contributed by atoms with Crippen LogP contribution in [0.25, 0.3) is 0 Å². The van der Waals surface area contributed by atoms with Crippen LogP contribution < -0.4 is 10.6 Å². The van der Waals surface area contributed by atoms with E-state index in [9.17, 15) is 4.79 Å². The van der Waals surface area contributed by atoms with Gasteiger partial charge < -0.3 is 15.4 Å². The van der Waals surface area contributed by atoms with Gasteiger partial charge in [0.15, 0.2) is 5.60 Å². The second kappa shape index (κ2) is 7.79. The van der Waals surface area contributed by atoms with Crippen molar-refractivity contribution in [2.45, 2.75) is 128 Å². The summed E-state index contributed by atoms with van der Waals surface area (Å²) in [4.78, 5) is 13.0. The van der Waals surface area contributed by atoms with Crippen LogP contribution in [0.4, 0.5) is 0 Å². The first-order valence-corrected chi connectivity index (χ1v) is 11.0. The molecule has 3 rings (SSSR count). The smallest absolute Gasteiger partial charge is 0.254 e. The van der Waals surface area contributed by atoms with Gasteiger partial charge in [0.25, 0.3) is 5.91 Å². The van der Waals surface area contributed by atoms with Crippen molar-refractivity contribution in [2.75, 3.05) is 0 Å². The molecule has 1 atom stereocenters. The molecular weight excluding hydrogens is 324 g/mol. The number of piperidine rings is 1. The van der Waals surface area contributed by atoms with E-state index in [0.29, 0.717) is 5.92 Å². The molecule has 150 valence electrons. The number of nitrogens with one attached hydrogen (secondary N) is 2. The molecule has 0 radical (unpaired) electrons. The molecule has 1 spiro atoms. The molecule has 2 aliphatic heterocycles. The van der Waals surface area contributed by atoms with E-state index in [1.807, 2.05) is 0 Å². The summed E-state index contributed by atoms with van der Waals surface area (Å²) in [5, 5.41) is 6.95. The standard InChI is InChI=1S/C22H40N2O2/c1-20(2)15-22(16-21(3,4)24-20)19(25)23-18(26-22)17-13-11-9-7-5-6-8-10-12-14-17/h17-18,24H,5-16H2,1-4H3,(H,23,25). The lowest BCUT2D eigenvalue weighted by Gasteiger charge is -2.49. The molecule has 26 heavy (non-hydrogen) atoms. The van der Waals surface area contributed by atoms with Gasteiger partial charge in [-0.05, 0) is 40.5 Å². The zero-order chi connectivity index (χ0) is 18.8. The molecular formula is C22H40N2O2. The fourth-order valence-electron chi connectivity index (χ4n) is 5.86. The first kappa shape index (κ1) is 20.1. The van der Waals surface area contributed by atoms with Gasteiger partial charge in [-0.25, -0.2) is 0 Å². The molecule has 1 saturated carbocycles. The summed E-state index contributed by atoms with van der Waals surface area (Å²) in [7, 11) is 0. The van der Waals surface area contributed by atoms with Crippen molar-refractivity contribution in [1.82, 2.24) is 10.6 Å². The first-order chi connectivity index (χ1) is 12.2. The maximum atomic E-state index is 13.0. The van der Waals surface area contributed by atoms with Crippen molar-refractivity contribution in [2.24, 2.45) is 5.92 Å². The molecule has 0 aromatic carbocycles. The third-order valence-electron chi connectivity index (χ3n) is 6.50. The first-order valence-electron chi connectivity index (χ1n) is 11.0. The lowest BCUT2D eigenvalue weighted by Crippen LogP contribution is -2.65. The van der Waals surface area contributed by atoms with Crippen molar-refractivity contribution in [1.29, 1.82) is 0 Å². The maximum Gasteiger partial charge on any atom is 0.254 e. The van der Waals surface area contributed by atoms with Gasteiger partial charge in [0.1, 0.15) is 6.23 Å². The maximum absolute atomic E-state index is 13.0. The molecule has 2 N–H and O–H groups in total. The number of ether oxygens (including phenoxy) is 1. The predicted molar refractivity (Wildman–Crippen MR) is 106 cm³/mol. The molecule has 0 aromatic rings. The van der Waals surface area contributed by atoms with Crippen LogP contribution in [-0.4, -0.2) is 28.8 Å². The summed E-state index contributed by atoms with van der Waals surface area (Å²) in [6.45, 7) is 8.75. The number of carbonyl (C=O) groups excluding carboxylic acids is 1.